The molecule has 0 unspecified atom stereocenters. The molecule has 1 aliphatic rings. The highest BCUT2D eigenvalue weighted by Gasteiger charge is 2.42. The van der Waals surface area contributed by atoms with Gasteiger partial charge in [-0.25, -0.2) is 0 Å². The van der Waals surface area contributed by atoms with Gasteiger partial charge in [-0.1, -0.05) is 47.5 Å². The Labute approximate surface area is 186 Å². The van der Waals surface area contributed by atoms with E-state index in [1.54, 1.807) is 18.2 Å². The molecule has 0 fully saturated rings. The molecular weight excluding hydrogens is 423 g/mol. The van der Waals surface area contributed by atoms with Crippen LogP contribution in [0.3, 0.4) is 0 Å². The van der Waals surface area contributed by atoms with Gasteiger partial charge in [-0.3, -0.25) is 14.5 Å². The second-order valence-electron chi connectivity index (χ2n) is 7.11. The summed E-state index contributed by atoms with van der Waals surface area (Å²) in [6.45, 7) is 6.68. The molecule has 0 spiro atoms. The molecule has 0 N–H and O–H groups in total. The molecule has 2 aromatic carbocycles. The van der Waals surface area contributed by atoms with Crippen molar-refractivity contribution in [2.45, 2.75) is 26.9 Å². The maximum atomic E-state index is 13.4. The monoisotopic (exact) mass is 446 g/mol. The topological polar surface area (TPSA) is 49.9 Å². The molecule has 3 rings (SSSR count). The van der Waals surface area contributed by atoms with Gasteiger partial charge in [-0.15, -0.1) is 0 Å². The van der Waals surface area contributed by atoms with Crippen molar-refractivity contribution in [1.29, 1.82) is 0 Å². The largest absolute Gasteiger partial charge is 0.377 e. The average molecular weight is 447 g/mol. The number of carbonyl (C=O) groups excluding carboxylic acids is 2. The molecule has 158 valence electrons. The van der Waals surface area contributed by atoms with Gasteiger partial charge in [0, 0.05) is 22.8 Å². The van der Waals surface area contributed by atoms with Crippen LogP contribution in [0, 0.1) is 0 Å². The lowest BCUT2D eigenvalue weighted by molar-refractivity contribution is -0.138. The van der Waals surface area contributed by atoms with E-state index in [9.17, 15) is 9.59 Å². The predicted octanol–water partition coefficient (Wildman–Crippen LogP) is 5.02. The van der Waals surface area contributed by atoms with Crippen LogP contribution in [0.2, 0.25) is 10.0 Å². The zero-order chi connectivity index (χ0) is 21.8. The number of ether oxygens (including phenoxy) is 1. The molecule has 1 heterocycles. The molecule has 2 amide bonds. The van der Waals surface area contributed by atoms with Gasteiger partial charge < -0.3 is 9.64 Å². The van der Waals surface area contributed by atoms with E-state index in [2.05, 4.69) is 0 Å². The van der Waals surface area contributed by atoms with Crippen LogP contribution in [0.5, 0.6) is 0 Å². The first-order valence-corrected chi connectivity index (χ1v) is 10.6. The van der Waals surface area contributed by atoms with Gasteiger partial charge in [0.15, 0.2) is 0 Å². The summed E-state index contributed by atoms with van der Waals surface area (Å²) < 4.78 is 5.57. The molecule has 0 radical (unpaired) electrons. The van der Waals surface area contributed by atoms with Crippen LogP contribution in [0.4, 0.5) is 5.69 Å². The maximum Gasteiger partial charge on any atom is 0.278 e. The summed E-state index contributed by atoms with van der Waals surface area (Å²) >= 11 is 12.5. The highest BCUT2D eigenvalue weighted by atomic mass is 35.5. The van der Waals surface area contributed by atoms with Gasteiger partial charge in [0.25, 0.3) is 11.8 Å². The Kier molecular flexibility index (Phi) is 7.19. The number of anilines is 1. The first-order chi connectivity index (χ1) is 14.3. The van der Waals surface area contributed by atoms with Crippen LogP contribution in [0.25, 0.3) is 5.57 Å². The third-order valence-electron chi connectivity index (χ3n) is 4.76. The minimum atomic E-state index is -0.388. The molecule has 5 nitrogen and oxygen atoms in total. The predicted molar refractivity (Wildman–Crippen MR) is 121 cm³/mol. The van der Waals surface area contributed by atoms with E-state index in [1.807, 2.05) is 56.0 Å². The van der Waals surface area contributed by atoms with Crippen LogP contribution in [-0.2, 0) is 14.3 Å². The smallest absolute Gasteiger partial charge is 0.278 e. The van der Waals surface area contributed by atoms with E-state index >= 15 is 0 Å². The SMILES string of the molecule is CCN(C1=C(c2ccc(Cl)cc2Cl)C(=O)N(CCOC(C)C)C1=O)c1ccccc1. The first kappa shape index (κ1) is 22.3. The number of likely N-dealkylation sites (N-methyl/N-ethyl adjacent to an activating group) is 1. The van der Waals surface area contributed by atoms with Crippen molar-refractivity contribution in [2.24, 2.45) is 0 Å². The van der Waals surface area contributed by atoms with Crippen molar-refractivity contribution in [1.82, 2.24) is 4.90 Å². The van der Waals surface area contributed by atoms with Crippen molar-refractivity contribution >= 4 is 46.3 Å². The van der Waals surface area contributed by atoms with Gasteiger partial charge in [0.05, 0.1) is 29.9 Å². The van der Waals surface area contributed by atoms with Crippen molar-refractivity contribution in [3.63, 3.8) is 0 Å². The molecule has 2 aromatic rings. The van der Waals surface area contributed by atoms with Gasteiger partial charge in [0.1, 0.15) is 5.70 Å². The fraction of sp³-hybridized carbons (Fsp3) is 0.304. The standard InChI is InChI=1S/C23H24Cl2N2O3/c1-4-26(17-8-6-5-7-9-17)21-20(18-11-10-16(24)14-19(18)25)22(28)27(23(21)29)12-13-30-15(2)3/h5-11,14-15H,4,12-13H2,1-3H3. The minimum absolute atomic E-state index is 0.00637. The number of halogens is 2. The van der Waals surface area contributed by atoms with Gasteiger partial charge >= 0.3 is 0 Å². The molecule has 0 saturated carbocycles. The highest BCUT2D eigenvalue weighted by Crippen LogP contribution is 2.37. The Morgan fingerprint density at radius 3 is 2.33 bits per heavy atom. The number of nitrogens with zero attached hydrogens (tertiary/aromatic N) is 2. The van der Waals surface area contributed by atoms with E-state index in [4.69, 9.17) is 27.9 Å². The third-order valence-corrected chi connectivity index (χ3v) is 5.31. The summed E-state index contributed by atoms with van der Waals surface area (Å²) in [6.07, 6.45) is 0.00637. The van der Waals surface area contributed by atoms with Gasteiger partial charge in [0.2, 0.25) is 0 Å². The molecule has 30 heavy (non-hydrogen) atoms. The summed E-state index contributed by atoms with van der Waals surface area (Å²) in [5, 5.41) is 0.779. The molecule has 0 aliphatic carbocycles. The maximum absolute atomic E-state index is 13.4. The second-order valence-corrected chi connectivity index (χ2v) is 7.95. The van der Waals surface area contributed by atoms with E-state index in [-0.39, 0.29) is 36.6 Å². The zero-order valence-electron chi connectivity index (χ0n) is 17.2. The average Bonchev–Trinajstić information content (AvgIpc) is 2.94. The number of hydrogen-bond donors (Lipinski definition) is 0. The lowest BCUT2D eigenvalue weighted by Crippen LogP contribution is -2.37. The van der Waals surface area contributed by atoms with E-state index in [1.165, 1.54) is 4.90 Å². The number of para-hydroxylation sites is 1. The number of benzene rings is 2. The van der Waals surface area contributed by atoms with Gasteiger partial charge in [-0.2, -0.15) is 0 Å². The van der Waals surface area contributed by atoms with Crippen LogP contribution in [0.1, 0.15) is 26.3 Å². The number of rotatable bonds is 8. The van der Waals surface area contributed by atoms with Crippen LogP contribution >= 0.6 is 23.2 Å². The van der Waals surface area contributed by atoms with Crippen molar-refractivity contribution in [3.8, 4) is 0 Å². The van der Waals surface area contributed by atoms with E-state index in [0.717, 1.165) is 5.69 Å². The fourth-order valence-electron chi connectivity index (χ4n) is 3.41. The number of carbonyl (C=O) groups is 2. The molecule has 7 heteroatoms. The summed E-state index contributed by atoms with van der Waals surface area (Å²) in [5.74, 6) is -0.750. The molecule has 0 bridgehead atoms. The Hall–Kier alpha value is -2.34. The van der Waals surface area contributed by atoms with E-state index < -0.39 is 0 Å². The zero-order valence-corrected chi connectivity index (χ0v) is 18.7. The normalized spacial score (nSPS) is 14.3. The van der Waals surface area contributed by atoms with Crippen LogP contribution in [0.15, 0.2) is 54.2 Å². The Balaban J connectivity index is 2.10. The number of hydrogen-bond acceptors (Lipinski definition) is 4. The number of imide groups is 1. The lowest BCUT2D eigenvalue weighted by Gasteiger charge is -2.25. The third kappa shape index (κ3) is 4.53. The molecule has 0 aromatic heterocycles. The Bertz CT molecular complexity index is 974. The summed E-state index contributed by atoms with van der Waals surface area (Å²) in [4.78, 5) is 29.8. The van der Waals surface area contributed by atoms with Crippen LogP contribution in [-0.4, -0.2) is 42.5 Å². The lowest BCUT2D eigenvalue weighted by atomic mass is 10.0. The van der Waals surface area contributed by atoms with Crippen LogP contribution < -0.4 is 4.90 Å². The molecule has 0 atom stereocenters. The molecule has 0 saturated heterocycles. The molecular formula is C23H24Cl2N2O3. The highest BCUT2D eigenvalue weighted by molar-refractivity contribution is 6.41. The number of amides is 2. The summed E-state index contributed by atoms with van der Waals surface area (Å²) in [7, 11) is 0. The van der Waals surface area contributed by atoms with Crippen molar-refractivity contribution in [2.75, 3.05) is 24.6 Å². The second kappa shape index (κ2) is 9.65. The first-order valence-electron chi connectivity index (χ1n) is 9.85. The summed E-state index contributed by atoms with van der Waals surface area (Å²) in [5.41, 5.74) is 1.88. The van der Waals surface area contributed by atoms with E-state index in [0.29, 0.717) is 27.9 Å². The molecule has 1 aliphatic heterocycles. The Morgan fingerprint density at radius 1 is 1.03 bits per heavy atom. The summed E-state index contributed by atoms with van der Waals surface area (Å²) in [6, 6.07) is 14.4. The van der Waals surface area contributed by atoms with Crippen molar-refractivity contribution in [3.05, 3.63) is 69.8 Å². The quantitative estimate of drug-likeness (QED) is 0.533. The fourth-order valence-corrected chi connectivity index (χ4v) is 3.91. The van der Waals surface area contributed by atoms with Gasteiger partial charge in [-0.05, 0) is 45.0 Å². The van der Waals surface area contributed by atoms with Crippen molar-refractivity contribution < 1.29 is 14.3 Å². The Morgan fingerprint density at radius 2 is 1.73 bits per heavy atom. The minimum Gasteiger partial charge on any atom is -0.377 e.